The van der Waals surface area contributed by atoms with Gasteiger partial charge < -0.3 is 19.9 Å². The van der Waals surface area contributed by atoms with Crippen molar-refractivity contribution in [2.45, 2.75) is 45.5 Å². The highest BCUT2D eigenvalue weighted by Gasteiger charge is 2.28. The first-order valence-electron chi connectivity index (χ1n) is 10.7. The largest absolute Gasteiger partial charge is 0.373 e. The van der Waals surface area contributed by atoms with Crippen molar-refractivity contribution in [1.82, 2.24) is 35.4 Å². The highest BCUT2D eigenvalue weighted by molar-refractivity contribution is 6.01. The molecule has 2 aromatic heterocycles. The summed E-state index contributed by atoms with van der Waals surface area (Å²) in [6.07, 6.45) is 0.749. The van der Waals surface area contributed by atoms with Gasteiger partial charge in [-0.3, -0.25) is 9.59 Å². The SMILES string of the molecule is CCC(NC(=O)c1cc(C(=O)NC(C)c2nnnn2C)n2c1COCC2)c1ccccc1. The van der Waals surface area contributed by atoms with Crippen molar-refractivity contribution < 1.29 is 14.3 Å². The van der Waals surface area contributed by atoms with E-state index in [1.807, 2.05) is 48.7 Å². The maximum atomic E-state index is 13.2. The van der Waals surface area contributed by atoms with Gasteiger partial charge in [0.05, 0.1) is 36.6 Å². The highest BCUT2D eigenvalue weighted by Crippen LogP contribution is 2.24. The van der Waals surface area contributed by atoms with Crippen LogP contribution in [0.4, 0.5) is 0 Å². The molecule has 2 atom stereocenters. The van der Waals surface area contributed by atoms with Crippen LogP contribution in [0.5, 0.6) is 0 Å². The molecule has 0 saturated carbocycles. The molecule has 10 heteroatoms. The Morgan fingerprint density at radius 2 is 1.97 bits per heavy atom. The number of hydrogen-bond donors (Lipinski definition) is 2. The first kappa shape index (κ1) is 21.7. The molecule has 32 heavy (non-hydrogen) atoms. The van der Waals surface area contributed by atoms with Crippen molar-refractivity contribution in [2.75, 3.05) is 6.61 Å². The van der Waals surface area contributed by atoms with Gasteiger partial charge in [-0.15, -0.1) is 5.10 Å². The topological polar surface area (TPSA) is 116 Å². The number of carbonyl (C=O) groups excluding carboxylic acids is 2. The fraction of sp³-hybridized carbons (Fsp3) is 0.409. The Hall–Kier alpha value is -3.53. The second kappa shape index (κ2) is 9.31. The molecule has 168 valence electrons. The van der Waals surface area contributed by atoms with Crippen LogP contribution in [0.1, 0.15) is 70.3 Å². The molecule has 4 rings (SSSR count). The first-order chi connectivity index (χ1) is 15.5. The number of fused-ring (bicyclic) bond motifs is 1. The van der Waals surface area contributed by atoms with Gasteiger partial charge in [0.2, 0.25) is 0 Å². The minimum Gasteiger partial charge on any atom is -0.373 e. The third-order valence-electron chi connectivity index (χ3n) is 5.69. The summed E-state index contributed by atoms with van der Waals surface area (Å²) in [5, 5.41) is 17.4. The van der Waals surface area contributed by atoms with Gasteiger partial charge >= 0.3 is 0 Å². The van der Waals surface area contributed by atoms with Crippen molar-refractivity contribution >= 4 is 11.8 Å². The third-order valence-corrected chi connectivity index (χ3v) is 5.69. The smallest absolute Gasteiger partial charge is 0.268 e. The normalized spacial score (nSPS) is 15.0. The molecular formula is C22H27N7O3. The van der Waals surface area contributed by atoms with Gasteiger partial charge in [0.1, 0.15) is 5.69 Å². The Labute approximate surface area is 185 Å². The Kier molecular flexibility index (Phi) is 6.31. The van der Waals surface area contributed by atoms with Crippen molar-refractivity contribution in [3.05, 3.63) is 64.7 Å². The van der Waals surface area contributed by atoms with Gasteiger partial charge in [-0.1, -0.05) is 37.3 Å². The van der Waals surface area contributed by atoms with Crippen molar-refractivity contribution in [3.63, 3.8) is 0 Å². The van der Waals surface area contributed by atoms with E-state index in [0.29, 0.717) is 35.9 Å². The zero-order valence-electron chi connectivity index (χ0n) is 18.4. The van der Waals surface area contributed by atoms with Crippen LogP contribution in [0.2, 0.25) is 0 Å². The molecule has 0 bridgehead atoms. The van der Waals surface area contributed by atoms with Gasteiger partial charge in [-0.25, -0.2) is 4.68 Å². The molecule has 10 nitrogen and oxygen atoms in total. The van der Waals surface area contributed by atoms with E-state index in [2.05, 4.69) is 26.2 Å². The number of aryl methyl sites for hydroxylation is 1. The van der Waals surface area contributed by atoms with E-state index in [1.165, 1.54) is 4.68 Å². The zero-order valence-corrected chi connectivity index (χ0v) is 18.4. The maximum Gasteiger partial charge on any atom is 0.268 e. The molecule has 0 spiro atoms. The molecule has 3 heterocycles. The lowest BCUT2D eigenvalue weighted by molar-refractivity contribution is 0.0773. The lowest BCUT2D eigenvalue weighted by atomic mass is 10.0. The molecule has 0 aliphatic carbocycles. The lowest BCUT2D eigenvalue weighted by Gasteiger charge is -2.21. The Balaban J connectivity index is 1.58. The monoisotopic (exact) mass is 437 g/mol. The maximum absolute atomic E-state index is 13.2. The van der Waals surface area contributed by atoms with Gasteiger partial charge in [0, 0.05) is 13.6 Å². The minimum absolute atomic E-state index is 0.121. The van der Waals surface area contributed by atoms with Crippen LogP contribution >= 0.6 is 0 Å². The fourth-order valence-corrected chi connectivity index (χ4v) is 3.99. The van der Waals surface area contributed by atoms with E-state index < -0.39 is 6.04 Å². The van der Waals surface area contributed by atoms with E-state index in [-0.39, 0.29) is 24.5 Å². The summed E-state index contributed by atoms with van der Waals surface area (Å²) < 4.78 is 8.96. The van der Waals surface area contributed by atoms with Crippen molar-refractivity contribution in [3.8, 4) is 0 Å². The summed E-state index contributed by atoms with van der Waals surface area (Å²) in [7, 11) is 1.72. The van der Waals surface area contributed by atoms with E-state index in [9.17, 15) is 9.59 Å². The molecule has 1 aromatic carbocycles. The molecule has 0 fully saturated rings. The average molecular weight is 438 g/mol. The summed E-state index contributed by atoms with van der Waals surface area (Å²) in [6, 6.07) is 11.0. The molecular weight excluding hydrogens is 410 g/mol. The van der Waals surface area contributed by atoms with Crippen LogP contribution < -0.4 is 10.6 Å². The number of rotatable bonds is 7. The van der Waals surface area contributed by atoms with Crippen LogP contribution in [0.25, 0.3) is 0 Å². The van der Waals surface area contributed by atoms with Crippen LogP contribution in [-0.2, 0) is 24.9 Å². The molecule has 2 N–H and O–H groups in total. The van der Waals surface area contributed by atoms with E-state index in [4.69, 9.17) is 4.74 Å². The van der Waals surface area contributed by atoms with Crippen LogP contribution in [0.15, 0.2) is 36.4 Å². The van der Waals surface area contributed by atoms with Crippen LogP contribution in [0.3, 0.4) is 0 Å². The Bertz CT molecular complexity index is 1110. The number of benzene rings is 1. The average Bonchev–Trinajstić information content (AvgIpc) is 3.41. The summed E-state index contributed by atoms with van der Waals surface area (Å²) in [4.78, 5) is 26.3. The lowest BCUT2D eigenvalue weighted by Crippen LogP contribution is -2.31. The van der Waals surface area contributed by atoms with E-state index in [1.54, 1.807) is 13.1 Å². The summed E-state index contributed by atoms with van der Waals surface area (Å²) in [5.41, 5.74) is 2.62. The van der Waals surface area contributed by atoms with Gasteiger partial charge in [-0.05, 0) is 35.4 Å². The standard InChI is InChI=1S/C22H27N7O3/c1-4-17(15-8-6-5-7-9-15)24-21(30)16-12-18(29-10-11-32-13-19(16)29)22(31)23-14(2)20-25-26-27-28(20)3/h5-9,12,14,17H,4,10-11,13H2,1-3H3,(H,23,31)(H,24,30). The summed E-state index contributed by atoms with van der Waals surface area (Å²) in [6.45, 7) is 5.10. The number of hydrogen-bond acceptors (Lipinski definition) is 6. The highest BCUT2D eigenvalue weighted by atomic mass is 16.5. The quantitative estimate of drug-likeness (QED) is 0.583. The van der Waals surface area contributed by atoms with Crippen molar-refractivity contribution in [1.29, 1.82) is 0 Å². The number of nitrogens with one attached hydrogen (secondary N) is 2. The molecule has 3 aromatic rings. The molecule has 1 aliphatic rings. The first-order valence-corrected chi connectivity index (χ1v) is 10.7. The molecule has 2 amide bonds. The number of nitrogens with zero attached hydrogens (tertiary/aromatic N) is 5. The number of amides is 2. The minimum atomic E-state index is -0.395. The van der Waals surface area contributed by atoms with E-state index in [0.717, 1.165) is 12.0 Å². The molecule has 0 saturated heterocycles. The Morgan fingerprint density at radius 3 is 2.66 bits per heavy atom. The molecule has 0 radical (unpaired) electrons. The number of ether oxygens (including phenoxy) is 1. The fourth-order valence-electron chi connectivity index (χ4n) is 3.99. The third kappa shape index (κ3) is 4.26. The second-order valence-electron chi connectivity index (χ2n) is 7.79. The van der Waals surface area contributed by atoms with Gasteiger partial charge in [0.25, 0.3) is 11.8 Å². The van der Waals surface area contributed by atoms with Gasteiger partial charge in [0.15, 0.2) is 5.82 Å². The predicted octanol–water partition coefficient (Wildman–Crippen LogP) is 1.91. The second-order valence-corrected chi connectivity index (χ2v) is 7.79. The zero-order chi connectivity index (χ0) is 22.7. The Morgan fingerprint density at radius 1 is 1.19 bits per heavy atom. The number of carbonyl (C=O) groups is 2. The van der Waals surface area contributed by atoms with Gasteiger partial charge in [-0.2, -0.15) is 0 Å². The van der Waals surface area contributed by atoms with Crippen LogP contribution in [-0.4, -0.2) is 43.2 Å². The molecule has 1 aliphatic heterocycles. The number of aromatic nitrogens is 5. The summed E-state index contributed by atoms with van der Waals surface area (Å²) >= 11 is 0. The van der Waals surface area contributed by atoms with Crippen LogP contribution in [0, 0.1) is 0 Å². The van der Waals surface area contributed by atoms with E-state index >= 15 is 0 Å². The summed E-state index contributed by atoms with van der Waals surface area (Å²) in [5.74, 6) is 0.0241. The predicted molar refractivity (Wildman–Crippen MR) is 116 cm³/mol. The number of tetrazole rings is 1. The van der Waals surface area contributed by atoms with Crippen molar-refractivity contribution in [2.24, 2.45) is 7.05 Å². The molecule has 2 unspecified atom stereocenters.